The molecule has 0 aliphatic carbocycles. The lowest BCUT2D eigenvalue weighted by Crippen LogP contribution is -1.96. The van der Waals surface area contributed by atoms with Crippen LogP contribution in [-0.2, 0) is 0 Å². The predicted molar refractivity (Wildman–Crippen MR) is 564 cm³/mol. The van der Waals surface area contributed by atoms with Gasteiger partial charge in [-0.15, -0.1) is 0 Å². The normalized spacial score (nSPS) is 11.8. The zero-order chi connectivity index (χ0) is 94.8. The van der Waals surface area contributed by atoms with Crippen molar-refractivity contribution in [2.75, 3.05) is 0 Å². The second-order valence-corrected chi connectivity index (χ2v) is 33.6. The van der Waals surface area contributed by atoms with Crippen molar-refractivity contribution in [2.45, 2.75) is 0 Å². The summed E-state index contributed by atoms with van der Waals surface area (Å²) in [4.78, 5) is 42.9. The number of nitrogens with zero attached hydrogens (tertiary/aromatic N) is 9. The fraction of sp³-hybridized carbons (Fsp3) is 0. The van der Waals surface area contributed by atoms with Crippen LogP contribution in [0, 0.1) is 0 Å². The van der Waals surface area contributed by atoms with Gasteiger partial charge in [-0.3, -0.25) is 15.0 Å². The first kappa shape index (κ1) is 76.5. The third-order valence-electron chi connectivity index (χ3n) is 25.2. The molecule has 636 valence electrons. The Morgan fingerprint density at radius 3 is 0.779 bits per heavy atom. The van der Waals surface area contributed by atoms with Crippen LogP contribution in [0.25, 0.3) is 244 Å². The van der Waals surface area contributed by atoms with Crippen LogP contribution in [-0.4, -0.2) is 44.9 Å². The first-order valence-corrected chi connectivity index (χ1v) is 45.3. The van der Waals surface area contributed by atoms with Crippen molar-refractivity contribution >= 4 is 75.4 Å². The molecular weight excluding hydrogens is 1650 g/mol. The molecule has 0 atom stereocenters. The van der Waals surface area contributed by atoms with Gasteiger partial charge < -0.3 is 0 Å². The number of hydrogen-bond donors (Lipinski definition) is 0. The molecule has 0 saturated carbocycles. The van der Waals surface area contributed by atoms with Crippen molar-refractivity contribution in [3.8, 4) is 168 Å². The van der Waals surface area contributed by atoms with Crippen molar-refractivity contribution in [3.63, 3.8) is 0 Å². The molecule has 9 nitrogen and oxygen atoms in total. The summed E-state index contributed by atoms with van der Waals surface area (Å²) in [6.45, 7) is 0. The second kappa shape index (κ2) is 36.9. The Morgan fingerprint density at radius 1 is 0.147 bits per heavy atom. The minimum atomic E-state index is -0.462. The van der Waals surface area contributed by atoms with Gasteiger partial charge in [0, 0.05) is 104 Å². The maximum absolute atomic E-state index is 8.66. The zero-order valence-corrected chi connectivity index (χ0v) is 73.6. The molecule has 0 unspecified atom stereocenters. The Balaban J connectivity index is 0.000000118. The zero-order valence-electron chi connectivity index (χ0n) is 78.6. The Hall–Kier alpha value is -18.3. The maximum Gasteiger partial charge on any atom is 0.160 e. The van der Waals surface area contributed by atoms with E-state index in [1.165, 1.54) is 81.5 Å². The SMILES string of the molecule is [2H]c1c([2H])c([2H])c(-c2nc(-c3ccc(-c4cc5ccccc5c5ccccc45)cc3)cc(-c3cccc(-c4cccnc4)c3)n2)c([2H])c1[2H].c1ccc(-c2nc(-c3ccc(-c4cc5ccccc5c5ccccc45)cc3)cc(-c3cccc(-c4cccnc4)c3)n2)cc1.c1cncc(-c2cccc(-c3cc(-c4ccc(-c5cc6ccccc6c6ccccc56)cc4)nc(-c4ccc5ccccc5c4)n3)c2)c1. The van der Waals surface area contributed by atoms with Crippen molar-refractivity contribution in [1.29, 1.82) is 0 Å². The average molecular weight is 1740 g/mol. The summed E-state index contributed by atoms with van der Waals surface area (Å²) < 4.78 is 42.0. The molecule has 0 aliphatic heterocycles. The molecular formula is C127H83N9. The summed E-state index contributed by atoms with van der Waals surface area (Å²) in [5, 5.41) is 17.2. The molecule has 0 spiro atoms. The van der Waals surface area contributed by atoms with E-state index in [4.69, 9.17) is 36.8 Å². The Kier molecular flexibility index (Phi) is 20.8. The van der Waals surface area contributed by atoms with Crippen LogP contribution in [0.5, 0.6) is 0 Å². The Bertz CT molecular complexity index is 9070. The lowest BCUT2D eigenvalue weighted by Gasteiger charge is -2.13. The molecule has 0 radical (unpaired) electrons. The van der Waals surface area contributed by atoms with Gasteiger partial charge in [-0.1, -0.05) is 388 Å². The van der Waals surface area contributed by atoms with Gasteiger partial charge >= 0.3 is 0 Å². The number of benzene rings is 19. The smallest absolute Gasteiger partial charge is 0.160 e. The third-order valence-corrected chi connectivity index (χ3v) is 25.2. The predicted octanol–water partition coefficient (Wildman–Crippen LogP) is 32.7. The molecule has 9 heteroatoms. The van der Waals surface area contributed by atoms with Crippen molar-refractivity contribution in [1.82, 2.24) is 44.9 Å². The number of aromatic nitrogens is 9. The molecule has 25 rings (SSSR count). The topological polar surface area (TPSA) is 116 Å². The monoisotopic (exact) mass is 1740 g/mol. The summed E-state index contributed by atoms with van der Waals surface area (Å²) in [6, 6.07) is 150. The minimum absolute atomic E-state index is 0.0447. The number of fused-ring (bicyclic) bond motifs is 10. The molecule has 6 aromatic heterocycles. The number of hydrogen-bond acceptors (Lipinski definition) is 9. The van der Waals surface area contributed by atoms with E-state index in [1.54, 1.807) is 24.8 Å². The van der Waals surface area contributed by atoms with Gasteiger partial charge in [0.15, 0.2) is 17.5 Å². The molecule has 0 saturated heterocycles. The maximum atomic E-state index is 8.66. The first-order chi connectivity index (χ1) is 69.4. The molecule has 6 heterocycles. The molecule has 0 bridgehead atoms. The highest BCUT2D eigenvalue weighted by Gasteiger charge is 2.20. The average Bonchev–Trinajstić information content (AvgIpc) is 0.751. The van der Waals surface area contributed by atoms with Crippen molar-refractivity contribution < 1.29 is 6.85 Å². The quantitative estimate of drug-likeness (QED) is 0.0925. The minimum Gasteiger partial charge on any atom is -0.264 e. The van der Waals surface area contributed by atoms with E-state index >= 15 is 0 Å². The van der Waals surface area contributed by atoms with Gasteiger partial charge in [0.05, 0.1) is 41.0 Å². The Labute approximate surface area is 794 Å². The van der Waals surface area contributed by atoms with Crippen LogP contribution in [0.15, 0.2) is 504 Å². The summed E-state index contributed by atoms with van der Waals surface area (Å²) in [6.07, 6.45) is 10.9. The van der Waals surface area contributed by atoms with Crippen molar-refractivity contribution in [2.24, 2.45) is 0 Å². The molecule has 19 aromatic carbocycles. The largest absolute Gasteiger partial charge is 0.264 e. The molecule has 25 aromatic rings. The van der Waals surface area contributed by atoms with Gasteiger partial charge in [0.25, 0.3) is 0 Å². The van der Waals surface area contributed by atoms with Gasteiger partial charge in [-0.2, -0.15) is 0 Å². The van der Waals surface area contributed by atoms with Crippen LogP contribution in [0.3, 0.4) is 0 Å². The van der Waals surface area contributed by atoms with Crippen LogP contribution in [0.1, 0.15) is 6.85 Å². The fourth-order valence-corrected chi connectivity index (χ4v) is 18.4. The Morgan fingerprint density at radius 2 is 0.419 bits per heavy atom. The number of pyridine rings is 3. The fourth-order valence-electron chi connectivity index (χ4n) is 18.4. The lowest BCUT2D eigenvalue weighted by atomic mass is 9.92. The van der Waals surface area contributed by atoms with Gasteiger partial charge in [-0.05, 0) is 204 Å². The summed E-state index contributed by atoms with van der Waals surface area (Å²) in [7, 11) is 0. The van der Waals surface area contributed by atoms with Crippen LogP contribution in [0.4, 0.5) is 0 Å². The molecule has 136 heavy (non-hydrogen) atoms. The van der Waals surface area contributed by atoms with E-state index in [9.17, 15) is 0 Å². The van der Waals surface area contributed by atoms with E-state index < -0.39 is 18.1 Å². The molecule has 0 N–H and O–H groups in total. The summed E-state index contributed by atoms with van der Waals surface area (Å²) in [5.41, 5.74) is 25.5. The highest BCUT2D eigenvalue weighted by molar-refractivity contribution is 6.16. The van der Waals surface area contributed by atoms with E-state index in [1.807, 2.05) is 97.3 Å². The standard InChI is InChI=1S/C45H29N3.2C41H27N3/c1-2-10-33-26-37(23-18-30(33)9-1)45-47-43(28-44(48-45)36-13-7-12-34(25-36)38-14-8-24-46-29-38)32-21-19-31(20-22-32)42-27-35-11-3-4-15-39(35)40-16-5-6-17-41(40)42;2*1-2-10-30(11-3-1)41-43-39(26-40(44-41)33-14-8-13-31(24-33)34-15-9-23-42-27-34)29-21-19-28(20-22-29)38-25-32-12-4-5-16-35(32)36-17-6-7-18-37(36)38/h1-29H;2*1-27H/i;1D,2D,3D,10D,11D;. The molecule has 0 fully saturated rings. The van der Waals surface area contributed by atoms with Gasteiger partial charge in [-0.25, -0.2) is 29.9 Å². The summed E-state index contributed by atoms with van der Waals surface area (Å²) >= 11 is 0. The van der Waals surface area contributed by atoms with E-state index in [2.05, 4.69) is 367 Å². The van der Waals surface area contributed by atoms with E-state index in [0.29, 0.717) is 23.0 Å². The number of rotatable bonds is 15. The van der Waals surface area contributed by atoms with E-state index in [-0.39, 0.29) is 23.5 Å². The first-order valence-electron chi connectivity index (χ1n) is 47.8. The van der Waals surface area contributed by atoms with Crippen LogP contribution < -0.4 is 0 Å². The summed E-state index contributed by atoms with van der Waals surface area (Å²) in [5.74, 6) is 1.46. The van der Waals surface area contributed by atoms with Crippen LogP contribution in [0.2, 0.25) is 0 Å². The highest BCUT2D eigenvalue weighted by Crippen LogP contribution is 2.43. The highest BCUT2D eigenvalue weighted by atomic mass is 14.9. The van der Waals surface area contributed by atoms with Crippen LogP contribution >= 0.6 is 0 Å². The van der Waals surface area contributed by atoms with Gasteiger partial charge in [0.2, 0.25) is 0 Å². The molecule has 0 aliphatic rings. The molecule has 0 amide bonds. The van der Waals surface area contributed by atoms with Crippen molar-refractivity contribution in [3.05, 3.63) is 504 Å². The lowest BCUT2D eigenvalue weighted by molar-refractivity contribution is 1.18. The third kappa shape index (κ3) is 16.9. The van der Waals surface area contributed by atoms with Gasteiger partial charge in [0.1, 0.15) is 0 Å². The second-order valence-electron chi connectivity index (χ2n) is 33.6. The van der Waals surface area contributed by atoms with E-state index in [0.717, 1.165) is 128 Å².